The van der Waals surface area contributed by atoms with E-state index in [1.165, 1.54) is 6.07 Å². The molecule has 0 aromatic heterocycles. The number of hydrogen-bond acceptors (Lipinski definition) is 2. The SMILES string of the molecule is Cc1cc(C(F)(F)F)ccc1C(=O)C1(CN)CCCC1. The van der Waals surface area contributed by atoms with Crippen molar-refractivity contribution in [2.24, 2.45) is 11.1 Å². The molecule has 0 unspecified atom stereocenters. The number of hydrogen-bond donors (Lipinski definition) is 1. The number of carbonyl (C=O) groups is 1. The lowest BCUT2D eigenvalue weighted by Gasteiger charge is -2.26. The van der Waals surface area contributed by atoms with Crippen molar-refractivity contribution in [3.63, 3.8) is 0 Å². The Morgan fingerprint density at radius 3 is 2.35 bits per heavy atom. The topological polar surface area (TPSA) is 43.1 Å². The molecule has 5 heteroatoms. The van der Waals surface area contributed by atoms with Crippen LogP contribution in [-0.4, -0.2) is 12.3 Å². The zero-order valence-corrected chi connectivity index (χ0v) is 11.4. The molecule has 1 aliphatic rings. The third-order valence-corrected chi connectivity index (χ3v) is 4.23. The summed E-state index contributed by atoms with van der Waals surface area (Å²) in [6, 6.07) is 3.29. The second kappa shape index (κ2) is 5.20. The first-order valence-electron chi connectivity index (χ1n) is 6.73. The normalized spacial score (nSPS) is 18.2. The Kier molecular flexibility index (Phi) is 3.91. The molecule has 0 saturated heterocycles. The van der Waals surface area contributed by atoms with Gasteiger partial charge in [-0.1, -0.05) is 18.9 Å². The van der Waals surface area contributed by atoms with Crippen molar-refractivity contribution < 1.29 is 18.0 Å². The maximum Gasteiger partial charge on any atom is 0.416 e. The molecule has 1 fully saturated rings. The van der Waals surface area contributed by atoms with Gasteiger partial charge in [-0.25, -0.2) is 0 Å². The van der Waals surface area contributed by atoms with E-state index in [1.54, 1.807) is 6.92 Å². The molecule has 1 aromatic carbocycles. The molecule has 0 radical (unpaired) electrons. The summed E-state index contributed by atoms with van der Waals surface area (Å²) in [6.07, 6.45) is -1.04. The molecule has 1 aromatic rings. The van der Waals surface area contributed by atoms with Crippen molar-refractivity contribution in [2.45, 2.75) is 38.8 Å². The number of carbonyl (C=O) groups excluding carboxylic acids is 1. The quantitative estimate of drug-likeness (QED) is 0.860. The van der Waals surface area contributed by atoms with Crippen LogP contribution in [0.15, 0.2) is 18.2 Å². The minimum atomic E-state index is -4.38. The number of Topliss-reactive ketones (excluding diaryl/α,β-unsaturated/α-hetero) is 1. The number of halogens is 3. The Morgan fingerprint density at radius 2 is 1.90 bits per heavy atom. The van der Waals surface area contributed by atoms with Crippen LogP contribution in [0.25, 0.3) is 0 Å². The summed E-state index contributed by atoms with van der Waals surface area (Å²) in [6.45, 7) is 1.80. The van der Waals surface area contributed by atoms with E-state index in [0.717, 1.165) is 37.8 Å². The van der Waals surface area contributed by atoms with Gasteiger partial charge in [0.05, 0.1) is 5.56 Å². The van der Waals surface area contributed by atoms with E-state index in [4.69, 9.17) is 5.73 Å². The number of nitrogens with two attached hydrogens (primary N) is 1. The summed E-state index contributed by atoms with van der Waals surface area (Å²) in [4.78, 5) is 12.6. The molecular weight excluding hydrogens is 267 g/mol. The summed E-state index contributed by atoms with van der Waals surface area (Å²) in [5.74, 6) is -0.108. The molecule has 1 saturated carbocycles. The van der Waals surface area contributed by atoms with Crippen LogP contribution >= 0.6 is 0 Å². The van der Waals surface area contributed by atoms with Crippen molar-refractivity contribution in [1.82, 2.24) is 0 Å². The van der Waals surface area contributed by atoms with E-state index in [-0.39, 0.29) is 12.3 Å². The number of benzene rings is 1. The van der Waals surface area contributed by atoms with Crippen LogP contribution < -0.4 is 5.73 Å². The maximum atomic E-state index is 12.6. The predicted octanol–water partition coefficient (Wildman–Crippen LogP) is 3.72. The first-order valence-corrected chi connectivity index (χ1v) is 6.73. The van der Waals surface area contributed by atoms with Crippen LogP contribution in [0.4, 0.5) is 13.2 Å². The number of alkyl halides is 3. The lowest BCUT2D eigenvalue weighted by Crippen LogP contribution is -2.36. The molecule has 0 aliphatic heterocycles. The molecule has 1 aliphatic carbocycles. The van der Waals surface area contributed by atoms with E-state index in [9.17, 15) is 18.0 Å². The number of aryl methyl sites for hydroxylation is 1. The highest BCUT2D eigenvalue weighted by Gasteiger charge is 2.41. The Labute approximate surface area is 116 Å². The first-order chi connectivity index (χ1) is 9.30. The van der Waals surface area contributed by atoms with Crippen LogP contribution in [0, 0.1) is 12.3 Å². The molecule has 20 heavy (non-hydrogen) atoms. The standard InChI is InChI=1S/C15H18F3NO/c1-10-8-11(15(16,17)18)4-5-12(10)13(20)14(9-19)6-2-3-7-14/h4-5,8H,2-3,6-7,9,19H2,1H3. The number of ketones is 1. The molecule has 0 bridgehead atoms. The van der Waals surface area contributed by atoms with E-state index < -0.39 is 17.2 Å². The third-order valence-electron chi connectivity index (χ3n) is 4.23. The first kappa shape index (κ1) is 15.0. The van der Waals surface area contributed by atoms with Crippen LogP contribution in [0.5, 0.6) is 0 Å². The summed E-state index contributed by atoms with van der Waals surface area (Å²) in [7, 11) is 0. The Bertz CT molecular complexity index is 516. The smallest absolute Gasteiger partial charge is 0.329 e. The van der Waals surface area contributed by atoms with Gasteiger partial charge in [-0.3, -0.25) is 4.79 Å². The van der Waals surface area contributed by atoms with Gasteiger partial charge < -0.3 is 5.73 Å². The van der Waals surface area contributed by atoms with Gasteiger partial charge in [-0.15, -0.1) is 0 Å². The Balaban J connectivity index is 2.36. The van der Waals surface area contributed by atoms with Crippen molar-refractivity contribution in [3.05, 3.63) is 34.9 Å². The van der Waals surface area contributed by atoms with Gasteiger partial charge in [-0.2, -0.15) is 13.2 Å². The van der Waals surface area contributed by atoms with E-state index in [0.29, 0.717) is 11.1 Å². The highest BCUT2D eigenvalue weighted by atomic mass is 19.4. The second-order valence-electron chi connectivity index (χ2n) is 5.55. The Hall–Kier alpha value is -1.36. The zero-order chi connectivity index (χ0) is 15.0. The minimum absolute atomic E-state index is 0.108. The summed E-state index contributed by atoms with van der Waals surface area (Å²) < 4.78 is 37.9. The van der Waals surface area contributed by atoms with Crippen LogP contribution in [0.1, 0.15) is 47.2 Å². The monoisotopic (exact) mass is 285 g/mol. The largest absolute Gasteiger partial charge is 0.416 e. The predicted molar refractivity (Wildman–Crippen MR) is 70.5 cm³/mol. The summed E-state index contributed by atoms with van der Waals surface area (Å²) in [5.41, 5.74) is 5.19. The van der Waals surface area contributed by atoms with Crippen LogP contribution in [-0.2, 0) is 6.18 Å². The fraction of sp³-hybridized carbons (Fsp3) is 0.533. The average Bonchev–Trinajstić information content (AvgIpc) is 2.86. The maximum absolute atomic E-state index is 12.6. The highest BCUT2D eigenvalue weighted by molar-refractivity contribution is 6.02. The molecule has 2 nitrogen and oxygen atoms in total. The van der Waals surface area contributed by atoms with Crippen molar-refractivity contribution in [1.29, 1.82) is 0 Å². The summed E-state index contributed by atoms with van der Waals surface area (Å²) >= 11 is 0. The van der Waals surface area contributed by atoms with Crippen molar-refractivity contribution >= 4 is 5.78 Å². The fourth-order valence-corrected chi connectivity index (χ4v) is 2.96. The highest BCUT2D eigenvalue weighted by Crippen LogP contribution is 2.41. The van der Waals surface area contributed by atoms with Crippen LogP contribution in [0.3, 0.4) is 0 Å². The van der Waals surface area contributed by atoms with Gasteiger partial charge in [-0.05, 0) is 37.5 Å². The van der Waals surface area contributed by atoms with E-state index >= 15 is 0 Å². The zero-order valence-electron chi connectivity index (χ0n) is 11.4. The van der Waals surface area contributed by atoms with Crippen molar-refractivity contribution in [3.8, 4) is 0 Å². The van der Waals surface area contributed by atoms with Crippen LogP contribution in [0.2, 0.25) is 0 Å². The number of rotatable bonds is 3. The molecule has 2 rings (SSSR count). The summed E-state index contributed by atoms with van der Waals surface area (Å²) in [5, 5.41) is 0. The second-order valence-corrected chi connectivity index (χ2v) is 5.55. The fourth-order valence-electron chi connectivity index (χ4n) is 2.96. The Morgan fingerprint density at radius 1 is 1.30 bits per heavy atom. The van der Waals surface area contributed by atoms with Gasteiger partial charge in [0.2, 0.25) is 0 Å². The van der Waals surface area contributed by atoms with Gasteiger partial charge >= 0.3 is 6.18 Å². The van der Waals surface area contributed by atoms with Gasteiger partial charge in [0.1, 0.15) is 0 Å². The van der Waals surface area contributed by atoms with Gasteiger partial charge in [0.15, 0.2) is 5.78 Å². The molecule has 0 atom stereocenters. The van der Waals surface area contributed by atoms with Gasteiger partial charge in [0.25, 0.3) is 0 Å². The minimum Gasteiger partial charge on any atom is -0.329 e. The molecule has 0 amide bonds. The third kappa shape index (κ3) is 2.59. The molecule has 0 heterocycles. The lowest BCUT2D eigenvalue weighted by atomic mass is 9.77. The molecule has 2 N–H and O–H groups in total. The van der Waals surface area contributed by atoms with Crippen molar-refractivity contribution in [2.75, 3.05) is 6.54 Å². The molecule has 0 spiro atoms. The van der Waals surface area contributed by atoms with E-state index in [1.807, 2.05) is 0 Å². The molecule has 110 valence electrons. The van der Waals surface area contributed by atoms with Gasteiger partial charge in [0, 0.05) is 17.5 Å². The van der Waals surface area contributed by atoms with E-state index in [2.05, 4.69) is 0 Å². The lowest BCUT2D eigenvalue weighted by molar-refractivity contribution is -0.137. The molecular formula is C15H18F3NO. The average molecular weight is 285 g/mol.